The number of hydrogen-bond donors (Lipinski definition) is 0. The smallest absolute Gasteiger partial charge is 0.258 e. The fraction of sp³-hybridized carbons (Fsp3) is 0. The van der Waals surface area contributed by atoms with Crippen molar-refractivity contribution in [3.8, 4) is 11.1 Å². The van der Waals surface area contributed by atoms with Gasteiger partial charge in [0.1, 0.15) is 0 Å². The minimum absolute atomic E-state index is 0.493. The van der Waals surface area contributed by atoms with Crippen LogP contribution in [0, 0.1) is 39.2 Å². The Kier molecular flexibility index (Phi) is 3.82. The summed E-state index contributed by atoms with van der Waals surface area (Å²) in [7, 11) is 0. The molecule has 0 spiro atoms. The molecule has 0 unspecified atom stereocenters. The molecule has 0 fully saturated rings. The molecule has 0 bridgehead atoms. The number of nitrogens with zero attached hydrogens (tertiary/aromatic N) is 1. The van der Waals surface area contributed by atoms with Gasteiger partial charge in [-0.3, -0.25) is 10.1 Å². The molecule has 3 nitrogen and oxygen atoms in total. The lowest BCUT2D eigenvalue weighted by atomic mass is 10.0. The van der Waals surface area contributed by atoms with Crippen molar-refractivity contribution in [1.82, 2.24) is 0 Å². The topological polar surface area (TPSA) is 43.1 Å². The SMILES string of the molecule is O=[N+]([O-])c1ccc(-c2c(F)c(F)c(F)c(F)c2F)c(Cl)c1. The van der Waals surface area contributed by atoms with Gasteiger partial charge in [0.2, 0.25) is 5.82 Å². The summed E-state index contributed by atoms with van der Waals surface area (Å²) in [4.78, 5) is 9.69. The second-order valence-corrected chi connectivity index (χ2v) is 4.27. The van der Waals surface area contributed by atoms with Crippen LogP contribution in [0.4, 0.5) is 27.6 Å². The summed E-state index contributed by atoms with van der Waals surface area (Å²) >= 11 is 5.62. The van der Waals surface area contributed by atoms with Crippen molar-refractivity contribution in [3.63, 3.8) is 0 Å². The fourth-order valence-electron chi connectivity index (χ4n) is 1.66. The highest BCUT2D eigenvalue weighted by atomic mass is 35.5. The van der Waals surface area contributed by atoms with Gasteiger partial charge in [0.25, 0.3) is 5.69 Å². The lowest BCUT2D eigenvalue weighted by Gasteiger charge is -2.09. The van der Waals surface area contributed by atoms with Crippen LogP contribution in [0.5, 0.6) is 0 Å². The summed E-state index contributed by atoms with van der Waals surface area (Å²) in [5.74, 6) is -10.7. The Morgan fingerprint density at radius 3 is 1.81 bits per heavy atom. The predicted octanol–water partition coefficient (Wildman–Crippen LogP) is 4.61. The van der Waals surface area contributed by atoms with Crippen molar-refractivity contribution in [3.05, 3.63) is 62.4 Å². The van der Waals surface area contributed by atoms with Gasteiger partial charge >= 0.3 is 0 Å². The highest BCUT2D eigenvalue weighted by molar-refractivity contribution is 6.33. The van der Waals surface area contributed by atoms with Crippen molar-refractivity contribution in [2.24, 2.45) is 0 Å². The number of benzene rings is 2. The van der Waals surface area contributed by atoms with Crippen LogP contribution in [0.1, 0.15) is 0 Å². The number of non-ortho nitro benzene ring substituents is 1. The molecule has 0 aliphatic rings. The van der Waals surface area contributed by atoms with E-state index < -0.39 is 55.8 Å². The maximum absolute atomic E-state index is 13.6. The molecule has 2 aromatic carbocycles. The van der Waals surface area contributed by atoms with E-state index in [1.54, 1.807) is 0 Å². The molecule has 0 saturated carbocycles. The monoisotopic (exact) mass is 323 g/mol. The molecule has 0 aliphatic carbocycles. The molecule has 0 aliphatic heterocycles. The van der Waals surface area contributed by atoms with E-state index in [2.05, 4.69) is 0 Å². The fourth-order valence-corrected chi connectivity index (χ4v) is 1.93. The maximum atomic E-state index is 13.6. The number of nitro groups is 1. The molecule has 0 atom stereocenters. The Bertz CT molecular complexity index is 737. The first-order valence-electron chi connectivity index (χ1n) is 5.21. The van der Waals surface area contributed by atoms with E-state index in [9.17, 15) is 32.1 Å². The van der Waals surface area contributed by atoms with E-state index in [-0.39, 0.29) is 0 Å². The van der Waals surface area contributed by atoms with Gasteiger partial charge < -0.3 is 0 Å². The van der Waals surface area contributed by atoms with E-state index >= 15 is 0 Å². The summed E-state index contributed by atoms with van der Waals surface area (Å²) in [6, 6.07) is 2.38. The molecule has 0 saturated heterocycles. The van der Waals surface area contributed by atoms with Crippen molar-refractivity contribution < 1.29 is 26.9 Å². The normalized spacial score (nSPS) is 10.8. The van der Waals surface area contributed by atoms with Gasteiger partial charge in [-0.25, -0.2) is 22.0 Å². The summed E-state index contributed by atoms with van der Waals surface area (Å²) in [5.41, 5.74) is -2.28. The van der Waals surface area contributed by atoms with E-state index in [0.717, 1.165) is 18.2 Å². The third-order valence-electron chi connectivity index (χ3n) is 2.64. The van der Waals surface area contributed by atoms with Crippen LogP contribution in [-0.4, -0.2) is 4.92 Å². The average Bonchev–Trinajstić information content (AvgIpc) is 2.44. The summed E-state index contributed by atoms with van der Waals surface area (Å²) < 4.78 is 66.4. The van der Waals surface area contributed by atoms with Crippen LogP contribution in [0.3, 0.4) is 0 Å². The van der Waals surface area contributed by atoms with E-state index in [1.165, 1.54) is 0 Å². The standard InChI is InChI=1S/C12H3ClF5NO2/c13-6-3-4(19(20)21)1-2-5(6)7-8(14)10(16)12(18)11(17)9(7)15/h1-3H. The van der Waals surface area contributed by atoms with E-state index in [1.807, 2.05) is 0 Å². The lowest BCUT2D eigenvalue weighted by Crippen LogP contribution is -2.04. The molecule has 0 N–H and O–H groups in total. The lowest BCUT2D eigenvalue weighted by molar-refractivity contribution is -0.384. The van der Waals surface area contributed by atoms with Crippen LogP contribution in [0.2, 0.25) is 5.02 Å². The van der Waals surface area contributed by atoms with Crippen LogP contribution >= 0.6 is 11.6 Å². The third-order valence-corrected chi connectivity index (χ3v) is 2.96. The number of hydrogen-bond acceptors (Lipinski definition) is 2. The summed E-state index contributed by atoms with van der Waals surface area (Å²) in [6.07, 6.45) is 0. The second-order valence-electron chi connectivity index (χ2n) is 3.87. The van der Waals surface area contributed by atoms with Crippen molar-refractivity contribution in [2.45, 2.75) is 0 Å². The van der Waals surface area contributed by atoms with Crippen LogP contribution in [-0.2, 0) is 0 Å². The molecular weight excluding hydrogens is 321 g/mol. The molecular formula is C12H3ClF5NO2. The summed E-state index contributed by atoms with van der Waals surface area (Å²) in [6.45, 7) is 0. The molecule has 9 heteroatoms. The van der Waals surface area contributed by atoms with Crippen molar-refractivity contribution in [1.29, 1.82) is 0 Å². The number of nitro benzene ring substituents is 1. The predicted molar refractivity (Wildman–Crippen MR) is 63.3 cm³/mol. The molecule has 2 aromatic rings. The molecule has 0 amide bonds. The highest BCUT2D eigenvalue weighted by Gasteiger charge is 2.28. The second kappa shape index (κ2) is 5.28. The van der Waals surface area contributed by atoms with Crippen LogP contribution in [0.25, 0.3) is 11.1 Å². The molecule has 21 heavy (non-hydrogen) atoms. The number of halogens is 6. The van der Waals surface area contributed by atoms with E-state index in [0.29, 0.717) is 0 Å². The van der Waals surface area contributed by atoms with Gasteiger partial charge in [-0.1, -0.05) is 11.6 Å². The average molecular weight is 324 g/mol. The van der Waals surface area contributed by atoms with Gasteiger partial charge in [-0.2, -0.15) is 0 Å². The van der Waals surface area contributed by atoms with Crippen molar-refractivity contribution in [2.75, 3.05) is 0 Å². The Labute approximate surface area is 118 Å². The first kappa shape index (κ1) is 15.2. The zero-order chi connectivity index (χ0) is 15.9. The Morgan fingerprint density at radius 2 is 1.38 bits per heavy atom. The quantitative estimate of drug-likeness (QED) is 0.266. The minimum Gasteiger partial charge on any atom is -0.258 e. The molecule has 2 rings (SSSR count). The van der Waals surface area contributed by atoms with Crippen LogP contribution in [0.15, 0.2) is 18.2 Å². The van der Waals surface area contributed by atoms with Gasteiger partial charge in [0.15, 0.2) is 23.3 Å². The minimum atomic E-state index is -2.30. The van der Waals surface area contributed by atoms with Crippen molar-refractivity contribution >= 4 is 17.3 Å². The Hall–Kier alpha value is -2.22. The number of rotatable bonds is 2. The third kappa shape index (κ3) is 2.42. The van der Waals surface area contributed by atoms with Gasteiger partial charge in [0, 0.05) is 17.7 Å². The van der Waals surface area contributed by atoms with Gasteiger partial charge in [0.05, 0.1) is 15.5 Å². The largest absolute Gasteiger partial charge is 0.270 e. The molecule has 0 heterocycles. The molecule has 0 radical (unpaired) electrons. The maximum Gasteiger partial charge on any atom is 0.270 e. The Morgan fingerprint density at radius 1 is 0.905 bits per heavy atom. The summed E-state index contributed by atoms with van der Waals surface area (Å²) in [5, 5.41) is 10.00. The highest BCUT2D eigenvalue weighted by Crippen LogP contribution is 2.36. The first-order valence-corrected chi connectivity index (χ1v) is 5.59. The zero-order valence-electron chi connectivity index (χ0n) is 9.76. The molecule has 0 aromatic heterocycles. The Balaban J connectivity index is 2.77. The zero-order valence-corrected chi connectivity index (χ0v) is 10.5. The van der Waals surface area contributed by atoms with Crippen LogP contribution < -0.4 is 0 Å². The van der Waals surface area contributed by atoms with E-state index in [4.69, 9.17) is 11.6 Å². The first-order chi connectivity index (χ1) is 9.75. The van der Waals surface area contributed by atoms with Gasteiger partial charge in [-0.15, -0.1) is 0 Å². The van der Waals surface area contributed by atoms with Gasteiger partial charge in [-0.05, 0) is 6.07 Å². The molecule has 110 valence electrons.